The number of hydrogen-bond donors (Lipinski definition) is 0. The van der Waals surface area contributed by atoms with Crippen LogP contribution in [0, 0.1) is 0 Å². The maximum Gasteiger partial charge on any atom is 0.0697 e. The number of nitrogens with zero attached hydrogens (tertiary/aromatic N) is 5. The van der Waals surface area contributed by atoms with Gasteiger partial charge in [-0.05, 0) is 18.2 Å². The minimum absolute atomic E-state index is 0.994. The summed E-state index contributed by atoms with van der Waals surface area (Å²) in [5.74, 6) is 0. The average Bonchev–Trinajstić information content (AvgIpc) is 2.88. The number of aromatic nitrogens is 5. The lowest BCUT2D eigenvalue weighted by atomic mass is 10.2. The number of hydrogen-bond acceptors (Lipinski definition) is 3. The van der Waals surface area contributed by atoms with E-state index in [0.29, 0.717) is 0 Å². The van der Waals surface area contributed by atoms with Gasteiger partial charge in [0.2, 0.25) is 0 Å². The molecule has 0 N–H and O–H groups in total. The molecule has 0 unspecified atom stereocenters. The van der Waals surface area contributed by atoms with E-state index >= 15 is 0 Å². The summed E-state index contributed by atoms with van der Waals surface area (Å²) in [5.41, 5.74) is 2.10. The van der Waals surface area contributed by atoms with Gasteiger partial charge in [0, 0.05) is 12.4 Å². The van der Waals surface area contributed by atoms with Crippen LogP contribution in [0.3, 0.4) is 0 Å². The molecule has 0 aliphatic carbocycles. The highest BCUT2D eigenvalue weighted by atomic mass is 15.4. The van der Waals surface area contributed by atoms with Crippen LogP contribution in [0.1, 0.15) is 0 Å². The van der Waals surface area contributed by atoms with E-state index in [1.54, 1.807) is 10.9 Å². The third kappa shape index (κ3) is 1.20. The highest BCUT2D eigenvalue weighted by molar-refractivity contribution is 5.80. The van der Waals surface area contributed by atoms with Crippen LogP contribution >= 0.6 is 0 Å². The molecule has 74 valence electrons. The molecule has 2 heterocycles. The monoisotopic (exact) mass is 199 g/mol. The molecule has 0 bridgehead atoms. The van der Waals surface area contributed by atoms with Crippen LogP contribution < -0.4 is 0 Å². The molecule has 3 aromatic rings. The molecular weight excluding hydrogens is 190 g/mol. The van der Waals surface area contributed by atoms with Crippen LogP contribution in [0.15, 0.2) is 36.8 Å². The van der Waals surface area contributed by atoms with E-state index in [2.05, 4.69) is 15.4 Å². The molecule has 0 saturated carbocycles. The van der Waals surface area contributed by atoms with E-state index in [1.165, 1.54) is 0 Å². The lowest BCUT2D eigenvalue weighted by molar-refractivity contribution is 0.795. The van der Waals surface area contributed by atoms with E-state index in [9.17, 15) is 0 Å². The molecule has 1 aromatic carbocycles. The van der Waals surface area contributed by atoms with Crippen molar-refractivity contribution in [1.82, 2.24) is 24.8 Å². The fraction of sp³-hybridized carbons (Fsp3) is 0.100. The Hall–Kier alpha value is -2.17. The van der Waals surface area contributed by atoms with E-state index in [4.69, 9.17) is 0 Å². The largest absolute Gasteiger partial charge is 0.268 e. The van der Waals surface area contributed by atoms with Gasteiger partial charge < -0.3 is 0 Å². The highest BCUT2D eigenvalue weighted by Crippen LogP contribution is 2.16. The van der Waals surface area contributed by atoms with Gasteiger partial charge in [0.1, 0.15) is 0 Å². The Kier molecular flexibility index (Phi) is 1.58. The zero-order valence-electron chi connectivity index (χ0n) is 8.20. The maximum absolute atomic E-state index is 4.19. The van der Waals surface area contributed by atoms with Crippen LogP contribution in [0.2, 0.25) is 0 Å². The second kappa shape index (κ2) is 2.91. The maximum atomic E-state index is 4.19. The Bertz CT molecular complexity index is 593. The Morgan fingerprint density at radius 2 is 2.20 bits per heavy atom. The van der Waals surface area contributed by atoms with Gasteiger partial charge in [0.15, 0.2) is 0 Å². The third-order valence-electron chi connectivity index (χ3n) is 2.42. The van der Waals surface area contributed by atoms with Gasteiger partial charge in [0.05, 0.1) is 29.8 Å². The minimum Gasteiger partial charge on any atom is -0.268 e. The second-order valence-electron chi connectivity index (χ2n) is 3.36. The summed E-state index contributed by atoms with van der Waals surface area (Å²) in [6.45, 7) is 0. The number of rotatable bonds is 1. The van der Waals surface area contributed by atoms with Gasteiger partial charge in [-0.3, -0.25) is 4.68 Å². The van der Waals surface area contributed by atoms with E-state index in [0.717, 1.165) is 16.6 Å². The molecular formula is C10H9N5. The highest BCUT2D eigenvalue weighted by Gasteiger charge is 2.02. The van der Waals surface area contributed by atoms with Crippen molar-refractivity contribution in [1.29, 1.82) is 0 Å². The predicted molar refractivity (Wildman–Crippen MR) is 55.6 cm³/mol. The van der Waals surface area contributed by atoms with Gasteiger partial charge in [-0.2, -0.15) is 5.10 Å². The summed E-state index contributed by atoms with van der Waals surface area (Å²) in [6, 6.07) is 6.06. The van der Waals surface area contributed by atoms with Gasteiger partial charge in [-0.25, -0.2) is 4.68 Å². The molecule has 0 amide bonds. The zero-order chi connectivity index (χ0) is 10.3. The Labute approximate surface area is 85.9 Å². The Morgan fingerprint density at radius 3 is 3.00 bits per heavy atom. The standard InChI is InChI=1S/C10H9N5/c1-14-10-3-2-9(6-8(10)7-12-14)15-5-4-11-13-15/h2-7H,1H3. The number of fused-ring (bicyclic) bond motifs is 1. The summed E-state index contributed by atoms with van der Waals surface area (Å²) < 4.78 is 3.58. The first kappa shape index (κ1) is 8.16. The number of benzene rings is 1. The SMILES string of the molecule is Cn1ncc2cc(-n3ccnn3)ccc21. The number of aryl methyl sites for hydroxylation is 1. The third-order valence-corrected chi connectivity index (χ3v) is 2.42. The lowest BCUT2D eigenvalue weighted by Gasteiger charge is -2.00. The van der Waals surface area contributed by atoms with Crippen molar-refractivity contribution in [2.45, 2.75) is 0 Å². The first-order valence-corrected chi connectivity index (χ1v) is 4.63. The van der Waals surface area contributed by atoms with Crippen molar-refractivity contribution in [3.05, 3.63) is 36.8 Å². The first-order chi connectivity index (χ1) is 7.34. The van der Waals surface area contributed by atoms with Crippen LogP contribution in [0.4, 0.5) is 0 Å². The normalized spacial score (nSPS) is 11.0. The van der Waals surface area contributed by atoms with Crippen molar-refractivity contribution < 1.29 is 0 Å². The Balaban J connectivity index is 2.23. The molecule has 0 aliphatic rings. The zero-order valence-corrected chi connectivity index (χ0v) is 8.20. The Morgan fingerprint density at radius 1 is 1.27 bits per heavy atom. The fourth-order valence-corrected chi connectivity index (χ4v) is 1.64. The molecule has 15 heavy (non-hydrogen) atoms. The molecule has 5 nitrogen and oxygen atoms in total. The van der Waals surface area contributed by atoms with E-state index < -0.39 is 0 Å². The molecule has 0 radical (unpaired) electrons. The van der Waals surface area contributed by atoms with Gasteiger partial charge >= 0.3 is 0 Å². The van der Waals surface area contributed by atoms with E-state index in [-0.39, 0.29) is 0 Å². The van der Waals surface area contributed by atoms with Gasteiger partial charge in [0.25, 0.3) is 0 Å². The van der Waals surface area contributed by atoms with Crippen LogP contribution in [0.25, 0.3) is 16.6 Å². The predicted octanol–water partition coefficient (Wildman–Crippen LogP) is 1.15. The summed E-state index contributed by atoms with van der Waals surface area (Å²) >= 11 is 0. The van der Waals surface area contributed by atoms with Crippen LogP contribution in [-0.2, 0) is 7.05 Å². The summed E-state index contributed by atoms with van der Waals surface area (Å²) in [7, 11) is 1.93. The van der Waals surface area contributed by atoms with Crippen molar-refractivity contribution in [3.63, 3.8) is 0 Å². The molecule has 0 atom stereocenters. The summed E-state index contributed by atoms with van der Waals surface area (Å²) in [6.07, 6.45) is 5.32. The molecule has 0 spiro atoms. The lowest BCUT2D eigenvalue weighted by Crippen LogP contribution is -1.95. The quantitative estimate of drug-likeness (QED) is 0.590. The van der Waals surface area contributed by atoms with Crippen LogP contribution in [-0.4, -0.2) is 24.8 Å². The van der Waals surface area contributed by atoms with Crippen LogP contribution in [0.5, 0.6) is 0 Å². The topological polar surface area (TPSA) is 48.5 Å². The molecule has 0 fully saturated rings. The molecule has 5 heteroatoms. The molecule has 2 aromatic heterocycles. The van der Waals surface area contributed by atoms with Crippen molar-refractivity contribution >= 4 is 10.9 Å². The first-order valence-electron chi connectivity index (χ1n) is 4.63. The van der Waals surface area contributed by atoms with Gasteiger partial charge in [-0.15, -0.1) is 5.10 Å². The smallest absolute Gasteiger partial charge is 0.0697 e. The summed E-state index contributed by atoms with van der Waals surface area (Å²) in [4.78, 5) is 0. The minimum atomic E-state index is 0.994. The van der Waals surface area contributed by atoms with Crippen molar-refractivity contribution in [2.75, 3.05) is 0 Å². The van der Waals surface area contributed by atoms with E-state index in [1.807, 2.05) is 42.3 Å². The second-order valence-corrected chi connectivity index (χ2v) is 3.36. The molecule has 3 rings (SSSR count). The summed E-state index contributed by atoms with van der Waals surface area (Å²) in [5, 5.41) is 13.0. The van der Waals surface area contributed by atoms with Gasteiger partial charge in [-0.1, -0.05) is 5.21 Å². The fourth-order valence-electron chi connectivity index (χ4n) is 1.64. The van der Waals surface area contributed by atoms with Crippen molar-refractivity contribution in [3.8, 4) is 5.69 Å². The van der Waals surface area contributed by atoms with Crippen molar-refractivity contribution in [2.24, 2.45) is 7.05 Å². The molecule has 0 saturated heterocycles. The molecule has 0 aliphatic heterocycles. The average molecular weight is 199 g/mol.